The zero-order chi connectivity index (χ0) is 18.4. The molecule has 3 rings (SSSR count). The fraction of sp³-hybridized carbons (Fsp3) is 0.650. The molecule has 0 spiro atoms. The molecule has 0 aromatic heterocycles. The number of rotatable bonds is 6. The summed E-state index contributed by atoms with van der Waals surface area (Å²) in [5.41, 5.74) is 1.23. The van der Waals surface area contributed by atoms with Crippen LogP contribution < -0.4 is 10.1 Å². The largest absolute Gasteiger partial charge is 0.494 e. The third-order valence-corrected chi connectivity index (χ3v) is 5.18. The fourth-order valence-corrected chi connectivity index (χ4v) is 3.81. The van der Waals surface area contributed by atoms with Crippen molar-refractivity contribution in [1.29, 1.82) is 0 Å². The summed E-state index contributed by atoms with van der Waals surface area (Å²) in [6.45, 7) is 7.39. The summed E-state index contributed by atoms with van der Waals surface area (Å²) >= 11 is 0. The van der Waals surface area contributed by atoms with Gasteiger partial charge in [0, 0.05) is 39.8 Å². The molecule has 2 atom stereocenters. The number of benzene rings is 1. The highest BCUT2D eigenvalue weighted by molar-refractivity contribution is 5.79. The third-order valence-electron chi connectivity index (χ3n) is 5.18. The summed E-state index contributed by atoms with van der Waals surface area (Å²) in [4.78, 5) is 9.13. The molecule has 2 heterocycles. The first-order chi connectivity index (χ1) is 12.7. The van der Waals surface area contributed by atoms with Gasteiger partial charge in [0.25, 0.3) is 0 Å². The number of fused-ring (bicyclic) bond motifs is 1. The smallest absolute Gasteiger partial charge is 0.193 e. The number of nitrogens with zero attached hydrogens (tertiary/aromatic N) is 3. The SMILES string of the molecule is CCOc1ccc(CN(C)C(=NC)NCC2CN3CCCC3CO2)cc1. The molecule has 2 aliphatic rings. The van der Waals surface area contributed by atoms with Crippen molar-refractivity contribution in [2.45, 2.75) is 38.5 Å². The van der Waals surface area contributed by atoms with E-state index in [0.29, 0.717) is 12.6 Å². The van der Waals surface area contributed by atoms with E-state index >= 15 is 0 Å². The minimum atomic E-state index is 0.236. The normalized spacial score (nSPS) is 23.6. The number of ether oxygens (including phenoxy) is 2. The minimum absolute atomic E-state index is 0.236. The Balaban J connectivity index is 1.47. The molecule has 0 amide bonds. The van der Waals surface area contributed by atoms with E-state index in [2.05, 4.69) is 39.3 Å². The summed E-state index contributed by atoms with van der Waals surface area (Å²) in [6, 6.07) is 8.89. The van der Waals surface area contributed by atoms with Crippen LogP contribution >= 0.6 is 0 Å². The lowest BCUT2D eigenvalue weighted by molar-refractivity contribution is -0.0454. The highest BCUT2D eigenvalue weighted by atomic mass is 16.5. The first-order valence-corrected chi connectivity index (χ1v) is 9.68. The average Bonchev–Trinajstić information content (AvgIpc) is 3.12. The van der Waals surface area contributed by atoms with E-state index in [1.807, 2.05) is 26.1 Å². The van der Waals surface area contributed by atoms with Gasteiger partial charge in [0.1, 0.15) is 5.75 Å². The first kappa shape index (κ1) is 19.0. The lowest BCUT2D eigenvalue weighted by Crippen LogP contribution is -2.51. The van der Waals surface area contributed by atoms with Crippen LogP contribution in [0.15, 0.2) is 29.3 Å². The van der Waals surface area contributed by atoms with E-state index < -0.39 is 0 Å². The van der Waals surface area contributed by atoms with Gasteiger partial charge >= 0.3 is 0 Å². The van der Waals surface area contributed by atoms with Crippen molar-refractivity contribution in [2.75, 3.05) is 46.9 Å². The number of aliphatic imine (C=N–C) groups is 1. The Bertz CT molecular complexity index is 590. The molecular weight excluding hydrogens is 328 g/mol. The lowest BCUT2D eigenvalue weighted by atomic mass is 10.2. The van der Waals surface area contributed by atoms with Crippen LogP contribution in [0.1, 0.15) is 25.3 Å². The Morgan fingerprint density at radius 3 is 2.92 bits per heavy atom. The van der Waals surface area contributed by atoms with Gasteiger partial charge in [-0.05, 0) is 44.0 Å². The summed E-state index contributed by atoms with van der Waals surface area (Å²) < 4.78 is 11.5. The van der Waals surface area contributed by atoms with E-state index in [1.54, 1.807) is 0 Å². The molecule has 2 saturated heterocycles. The van der Waals surface area contributed by atoms with Crippen molar-refractivity contribution in [3.05, 3.63) is 29.8 Å². The van der Waals surface area contributed by atoms with Crippen LogP contribution in [0.25, 0.3) is 0 Å². The van der Waals surface area contributed by atoms with Crippen molar-refractivity contribution < 1.29 is 9.47 Å². The van der Waals surface area contributed by atoms with Gasteiger partial charge < -0.3 is 19.7 Å². The molecule has 2 aliphatic heterocycles. The lowest BCUT2D eigenvalue weighted by Gasteiger charge is -2.35. The van der Waals surface area contributed by atoms with E-state index in [1.165, 1.54) is 24.9 Å². The maximum absolute atomic E-state index is 6.03. The monoisotopic (exact) mass is 360 g/mol. The van der Waals surface area contributed by atoms with E-state index in [-0.39, 0.29) is 6.10 Å². The van der Waals surface area contributed by atoms with Gasteiger partial charge in [-0.15, -0.1) is 0 Å². The Morgan fingerprint density at radius 2 is 2.19 bits per heavy atom. The average molecular weight is 361 g/mol. The second-order valence-corrected chi connectivity index (χ2v) is 7.11. The van der Waals surface area contributed by atoms with E-state index in [9.17, 15) is 0 Å². The maximum Gasteiger partial charge on any atom is 0.193 e. The summed E-state index contributed by atoms with van der Waals surface area (Å²) in [6.07, 6.45) is 2.83. The highest BCUT2D eigenvalue weighted by Gasteiger charge is 2.32. The summed E-state index contributed by atoms with van der Waals surface area (Å²) in [5.74, 6) is 1.81. The Kier molecular flexibility index (Phi) is 6.74. The molecule has 1 aromatic rings. The van der Waals surface area contributed by atoms with Crippen LogP contribution in [-0.4, -0.2) is 74.8 Å². The molecular formula is C20H32N4O2. The highest BCUT2D eigenvalue weighted by Crippen LogP contribution is 2.22. The second-order valence-electron chi connectivity index (χ2n) is 7.11. The molecule has 144 valence electrons. The molecule has 0 bridgehead atoms. The number of hydrogen-bond donors (Lipinski definition) is 1. The minimum Gasteiger partial charge on any atom is -0.494 e. The van der Waals surface area contributed by atoms with Crippen LogP contribution in [0.5, 0.6) is 5.75 Å². The summed E-state index contributed by atoms with van der Waals surface area (Å²) in [7, 11) is 3.89. The second kappa shape index (κ2) is 9.24. The molecule has 2 unspecified atom stereocenters. The Morgan fingerprint density at radius 1 is 1.38 bits per heavy atom. The maximum atomic E-state index is 6.03. The van der Waals surface area contributed by atoms with Crippen molar-refractivity contribution in [2.24, 2.45) is 4.99 Å². The van der Waals surface area contributed by atoms with Gasteiger partial charge in [-0.1, -0.05) is 12.1 Å². The number of hydrogen-bond acceptors (Lipinski definition) is 4. The molecule has 1 aromatic carbocycles. The summed E-state index contributed by atoms with van der Waals surface area (Å²) in [5, 5.41) is 3.47. The molecule has 2 fully saturated rings. The van der Waals surface area contributed by atoms with Crippen molar-refractivity contribution in [3.63, 3.8) is 0 Å². The Hall–Kier alpha value is -1.79. The van der Waals surface area contributed by atoms with Crippen molar-refractivity contribution >= 4 is 5.96 Å². The van der Waals surface area contributed by atoms with E-state index in [4.69, 9.17) is 9.47 Å². The molecule has 1 N–H and O–H groups in total. The quantitative estimate of drug-likeness (QED) is 0.621. The van der Waals surface area contributed by atoms with Gasteiger partial charge in [-0.25, -0.2) is 0 Å². The number of nitrogens with one attached hydrogen (secondary N) is 1. The van der Waals surface area contributed by atoms with Crippen molar-refractivity contribution in [1.82, 2.24) is 15.1 Å². The van der Waals surface area contributed by atoms with E-state index in [0.717, 1.165) is 38.0 Å². The number of morpholine rings is 1. The van der Waals surface area contributed by atoms with Gasteiger partial charge in [0.05, 0.1) is 19.3 Å². The fourth-order valence-electron chi connectivity index (χ4n) is 3.81. The molecule has 0 saturated carbocycles. The van der Waals surface area contributed by atoms with Crippen LogP contribution in [-0.2, 0) is 11.3 Å². The Labute approximate surface area is 157 Å². The predicted molar refractivity (Wildman–Crippen MR) is 105 cm³/mol. The van der Waals surface area contributed by atoms with Gasteiger partial charge in [-0.3, -0.25) is 9.89 Å². The van der Waals surface area contributed by atoms with Gasteiger partial charge in [0.2, 0.25) is 0 Å². The van der Waals surface area contributed by atoms with Crippen LogP contribution in [0.4, 0.5) is 0 Å². The zero-order valence-corrected chi connectivity index (χ0v) is 16.3. The zero-order valence-electron chi connectivity index (χ0n) is 16.3. The molecule has 0 aliphatic carbocycles. The van der Waals surface area contributed by atoms with Crippen LogP contribution in [0, 0.1) is 0 Å². The van der Waals surface area contributed by atoms with Crippen LogP contribution in [0.3, 0.4) is 0 Å². The number of guanidine groups is 1. The molecule has 26 heavy (non-hydrogen) atoms. The van der Waals surface area contributed by atoms with Crippen LogP contribution in [0.2, 0.25) is 0 Å². The molecule has 6 nitrogen and oxygen atoms in total. The van der Waals surface area contributed by atoms with Gasteiger partial charge in [0.15, 0.2) is 5.96 Å². The molecule has 6 heteroatoms. The third kappa shape index (κ3) is 4.89. The topological polar surface area (TPSA) is 49.3 Å². The van der Waals surface area contributed by atoms with Crippen molar-refractivity contribution in [3.8, 4) is 5.75 Å². The standard InChI is InChI=1S/C20H32N4O2/c1-4-25-18-9-7-16(8-10-18)13-23(3)20(21-2)22-12-19-14-24-11-5-6-17(24)15-26-19/h7-10,17,19H,4-6,11-15H2,1-3H3,(H,21,22). The van der Waals surface area contributed by atoms with Gasteiger partial charge in [-0.2, -0.15) is 0 Å². The molecule has 0 radical (unpaired) electrons. The first-order valence-electron chi connectivity index (χ1n) is 9.68. The predicted octanol–water partition coefficient (Wildman–Crippen LogP) is 1.96.